The van der Waals surface area contributed by atoms with E-state index < -0.39 is 5.76 Å². The molecule has 0 radical (unpaired) electrons. The fourth-order valence-corrected chi connectivity index (χ4v) is 3.32. The van der Waals surface area contributed by atoms with Crippen molar-refractivity contribution in [1.29, 1.82) is 0 Å². The largest absolute Gasteiger partial charge is 0.437 e. The predicted molar refractivity (Wildman–Crippen MR) is 111 cm³/mol. The molecule has 4 rings (SSSR count). The number of imidazole rings is 1. The number of halogens is 1. The molecule has 1 N–H and O–H groups in total. The lowest BCUT2D eigenvalue weighted by Crippen LogP contribution is -2.33. The molecule has 0 unspecified atom stereocenters. The Kier molecular flexibility index (Phi) is 6.50. The van der Waals surface area contributed by atoms with E-state index in [1.165, 1.54) is 0 Å². The van der Waals surface area contributed by atoms with E-state index >= 15 is 0 Å². The Labute approximate surface area is 182 Å². The molecule has 1 aliphatic rings. The number of amides is 1. The van der Waals surface area contributed by atoms with Crippen LogP contribution in [0.4, 0.5) is 0 Å². The molecule has 1 amide bonds. The van der Waals surface area contributed by atoms with Gasteiger partial charge in [-0.2, -0.15) is 4.68 Å². The molecule has 1 aliphatic heterocycles. The first kappa shape index (κ1) is 21.3. The third-order valence-corrected chi connectivity index (χ3v) is 5.11. The number of carbonyl (C=O) groups is 1. The van der Waals surface area contributed by atoms with Gasteiger partial charge in [0.05, 0.1) is 19.5 Å². The van der Waals surface area contributed by atoms with E-state index in [0.717, 1.165) is 15.9 Å². The Morgan fingerprint density at radius 3 is 2.74 bits per heavy atom. The van der Waals surface area contributed by atoms with Crippen LogP contribution in [-0.2, 0) is 27.4 Å². The Hall–Kier alpha value is -2.95. The topological polar surface area (TPSA) is 113 Å². The summed E-state index contributed by atoms with van der Waals surface area (Å²) in [4.78, 5) is 28.6. The third kappa shape index (κ3) is 5.22. The predicted octanol–water partition coefficient (Wildman–Crippen LogP) is 1.59. The molecule has 0 aliphatic carbocycles. The number of hydrogen-bond acceptors (Lipinski definition) is 7. The van der Waals surface area contributed by atoms with Crippen molar-refractivity contribution in [1.82, 2.24) is 24.6 Å². The molecular formula is C20H22ClN5O5. The monoisotopic (exact) mass is 447 g/mol. The van der Waals surface area contributed by atoms with Crippen LogP contribution < -0.4 is 11.1 Å². The zero-order valence-electron chi connectivity index (χ0n) is 16.9. The second kappa shape index (κ2) is 9.46. The van der Waals surface area contributed by atoms with Crippen LogP contribution in [0.25, 0.3) is 11.6 Å². The molecular weight excluding hydrogens is 426 g/mol. The highest BCUT2D eigenvalue weighted by Gasteiger charge is 2.19. The molecule has 31 heavy (non-hydrogen) atoms. The van der Waals surface area contributed by atoms with E-state index in [4.69, 9.17) is 25.5 Å². The maximum absolute atomic E-state index is 12.1. The van der Waals surface area contributed by atoms with Crippen LogP contribution in [0.1, 0.15) is 17.7 Å². The van der Waals surface area contributed by atoms with Crippen LogP contribution in [0, 0.1) is 6.92 Å². The van der Waals surface area contributed by atoms with Crippen LogP contribution in [0.2, 0.25) is 5.02 Å². The Morgan fingerprint density at radius 1 is 1.26 bits per heavy atom. The number of benzene rings is 1. The summed E-state index contributed by atoms with van der Waals surface area (Å²) < 4.78 is 18.7. The van der Waals surface area contributed by atoms with Gasteiger partial charge in [0.1, 0.15) is 12.2 Å². The molecule has 1 aromatic carbocycles. The van der Waals surface area contributed by atoms with Crippen molar-refractivity contribution in [2.24, 2.45) is 0 Å². The highest BCUT2D eigenvalue weighted by molar-refractivity contribution is 6.30. The summed E-state index contributed by atoms with van der Waals surface area (Å²) in [7, 11) is 0. The van der Waals surface area contributed by atoms with Gasteiger partial charge < -0.3 is 23.8 Å². The summed E-state index contributed by atoms with van der Waals surface area (Å²) in [6, 6.07) is 7.51. The second-order valence-electron chi connectivity index (χ2n) is 7.07. The normalized spacial score (nSPS) is 14.3. The van der Waals surface area contributed by atoms with Crippen molar-refractivity contribution >= 4 is 17.5 Å². The van der Waals surface area contributed by atoms with Crippen molar-refractivity contribution in [3.8, 4) is 11.6 Å². The Balaban J connectivity index is 1.39. The lowest BCUT2D eigenvalue weighted by molar-refractivity contribution is -0.122. The molecule has 10 nitrogen and oxygen atoms in total. The summed E-state index contributed by atoms with van der Waals surface area (Å²) in [5, 5.41) is 7.51. The van der Waals surface area contributed by atoms with Gasteiger partial charge in [0.15, 0.2) is 6.29 Å². The SMILES string of the molecule is Cc1c(-c2nn(CC(=O)NCCC3OCCO3)c(=O)o2)ncn1Cc1ccc(Cl)cc1. The van der Waals surface area contributed by atoms with Crippen LogP contribution in [-0.4, -0.2) is 51.3 Å². The number of ether oxygens (including phenoxy) is 2. The summed E-state index contributed by atoms with van der Waals surface area (Å²) in [6.45, 7) is 3.68. The molecule has 0 spiro atoms. The lowest BCUT2D eigenvalue weighted by Gasteiger charge is -2.09. The molecule has 2 aromatic heterocycles. The molecule has 3 aromatic rings. The fourth-order valence-electron chi connectivity index (χ4n) is 3.20. The van der Waals surface area contributed by atoms with Crippen molar-refractivity contribution in [2.45, 2.75) is 32.7 Å². The number of nitrogens with zero attached hydrogens (tertiary/aromatic N) is 4. The number of nitrogens with one attached hydrogen (secondary N) is 1. The third-order valence-electron chi connectivity index (χ3n) is 4.86. The van der Waals surface area contributed by atoms with Crippen molar-refractivity contribution in [3.63, 3.8) is 0 Å². The van der Waals surface area contributed by atoms with Gasteiger partial charge in [-0.15, -0.1) is 5.10 Å². The molecule has 164 valence electrons. The van der Waals surface area contributed by atoms with Gasteiger partial charge >= 0.3 is 5.76 Å². The van der Waals surface area contributed by atoms with E-state index in [-0.39, 0.29) is 24.6 Å². The smallest absolute Gasteiger partial charge is 0.386 e. The van der Waals surface area contributed by atoms with Crippen molar-refractivity contribution in [3.05, 3.63) is 57.4 Å². The van der Waals surface area contributed by atoms with Crippen LogP contribution in [0.15, 0.2) is 39.8 Å². The van der Waals surface area contributed by atoms with Crippen molar-refractivity contribution in [2.75, 3.05) is 19.8 Å². The van der Waals surface area contributed by atoms with Crippen LogP contribution >= 0.6 is 11.6 Å². The van der Waals surface area contributed by atoms with Gasteiger partial charge in [-0.3, -0.25) is 4.79 Å². The quantitative estimate of drug-likeness (QED) is 0.557. The Morgan fingerprint density at radius 2 is 2.00 bits per heavy atom. The van der Waals surface area contributed by atoms with E-state index in [0.29, 0.717) is 43.4 Å². The van der Waals surface area contributed by atoms with Gasteiger partial charge in [-0.1, -0.05) is 23.7 Å². The minimum atomic E-state index is -0.723. The summed E-state index contributed by atoms with van der Waals surface area (Å²) in [5.74, 6) is -1.01. The van der Waals surface area contributed by atoms with Gasteiger partial charge in [-0.25, -0.2) is 9.78 Å². The van der Waals surface area contributed by atoms with Gasteiger partial charge in [-0.05, 0) is 24.6 Å². The molecule has 3 heterocycles. The minimum absolute atomic E-state index is 0.0675. The van der Waals surface area contributed by atoms with Gasteiger partial charge in [0.2, 0.25) is 5.91 Å². The first-order valence-electron chi connectivity index (χ1n) is 9.84. The molecule has 11 heteroatoms. The average molecular weight is 448 g/mol. The number of hydrogen-bond donors (Lipinski definition) is 1. The van der Waals surface area contributed by atoms with Crippen LogP contribution in [0.3, 0.4) is 0 Å². The highest BCUT2D eigenvalue weighted by Crippen LogP contribution is 2.20. The zero-order chi connectivity index (χ0) is 21.8. The van der Waals surface area contributed by atoms with Crippen LogP contribution in [0.5, 0.6) is 0 Å². The molecule has 1 fully saturated rings. The molecule has 0 bridgehead atoms. The average Bonchev–Trinajstić information content (AvgIpc) is 3.46. The van der Waals surface area contributed by atoms with E-state index in [1.807, 2.05) is 35.8 Å². The zero-order valence-corrected chi connectivity index (χ0v) is 17.7. The number of rotatable bonds is 8. The molecule has 1 saturated heterocycles. The van der Waals surface area contributed by atoms with E-state index in [9.17, 15) is 9.59 Å². The van der Waals surface area contributed by atoms with Gasteiger partial charge in [0, 0.05) is 30.2 Å². The first-order valence-corrected chi connectivity index (χ1v) is 10.2. The second-order valence-corrected chi connectivity index (χ2v) is 7.51. The van der Waals surface area contributed by atoms with Crippen molar-refractivity contribution < 1.29 is 18.7 Å². The molecule has 0 saturated carbocycles. The Bertz CT molecular complexity index is 1100. The number of carbonyl (C=O) groups excluding carboxylic acids is 1. The minimum Gasteiger partial charge on any atom is -0.386 e. The maximum atomic E-state index is 12.1. The summed E-state index contributed by atoms with van der Waals surface area (Å²) in [6.07, 6.45) is 1.89. The standard InChI is InChI=1S/C20H22ClN5O5/c1-13-18(23-12-25(13)10-14-2-4-15(21)5-3-14)19-24-26(20(28)31-19)11-16(27)22-7-6-17-29-8-9-30-17/h2-5,12,17H,6-11H2,1H3,(H,22,27). The lowest BCUT2D eigenvalue weighted by atomic mass is 10.2. The molecule has 0 atom stereocenters. The fraction of sp³-hybridized carbons (Fsp3) is 0.400. The van der Waals surface area contributed by atoms with E-state index in [2.05, 4.69) is 15.4 Å². The highest BCUT2D eigenvalue weighted by atomic mass is 35.5. The number of aromatic nitrogens is 4. The summed E-state index contributed by atoms with van der Waals surface area (Å²) >= 11 is 5.93. The van der Waals surface area contributed by atoms with E-state index in [1.54, 1.807) is 6.33 Å². The first-order chi connectivity index (χ1) is 15.0. The van der Waals surface area contributed by atoms with Gasteiger partial charge in [0.25, 0.3) is 5.89 Å². The maximum Gasteiger partial charge on any atom is 0.437 e. The summed E-state index contributed by atoms with van der Waals surface area (Å²) in [5.41, 5.74) is 2.28.